The Morgan fingerprint density at radius 1 is 1.50 bits per heavy atom. The quantitative estimate of drug-likeness (QED) is 0.501. The average molecular weight is 167 g/mol. The van der Waals surface area contributed by atoms with Crippen LogP contribution < -0.4 is 5.73 Å². The molecule has 0 radical (unpaired) electrons. The van der Waals surface area contributed by atoms with E-state index in [2.05, 4.69) is 13.2 Å². The van der Waals surface area contributed by atoms with E-state index in [0.29, 0.717) is 5.92 Å². The smallest absolute Gasteiger partial charge is 0.141 e. The van der Waals surface area contributed by atoms with Gasteiger partial charge in [-0.1, -0.05) is 12.2 Å². The number of ether oxygens (including phenoxy) is 1. The first-order valence-electron chi connectivity index (χ1n) is 4.30. The standard InChI is InChI=1S/C10H17NO/c1-4-6-8(7-5-2)9-10(3,11)12-9/h4-5,8-9H,1-2,6-7,11H2,3H3. The minimum Gasteiger partial charge on any atom is -0.350 e. The Balaban J connectivity index is 2.44. The molecule has 1 heterocycles. The maximum Gasteiger partial charge on any atom is 0.141 e. The van der Waals surface area contributed by atoms with Gasteiger partial charge in [0.1, 0.15) is 11.8 Å². The minimum atomic E-state index is -0.406. The summed E-state index contributed by atoms with van der Waals surface area (Å²) in [5, 5.41) is 0. The molecular weight excluding hydrogens is 150 g/mol. The number of epoxide rings is 1. The van der Waals surface area contributed by atoms with E-state index in [1.165, 1.54) is 0 Å². The summed E-state index contributed by atoms with van der Waals surface area (Å²) in [6.07, 6.45) is 5.90. The molecule has 2 N–H and O–H groups in total. The molecule has 2 heteroatoms. The Morgan fingerprint density at radius 3 is 2.17 bits per heavy atom. The molecule has 1 rings (SSSR count). The largest absolute Gasteiger partial charge is 0.350 e. The molecule has 0 amide bonds. The molecular formula is C10H17NO. The van der Waals surface area contributed by atoms with Crippen molar-refractivity contribution in [2.75, 3.05) is 0 Å². The Hall–Kier alpha value is -0.600. The van der Waals surface area contributed by atoms with E-state index in [-0.39, 0.29) is 6.10 Å². The van der Waals surface area contributed by atoms with Crippen molar-refractivity contribution >= 4 is 0 Å². The van der Waals surface area contributed by atoms with Gasteiger partial charge >= 0.3 is 0 Å². The van der Waals surface area contributed by atoms with Crippen LogP contribution in [0.25, 0.3) is 0 Å². The molecule has 0 aliphatic carbocycles. The highest BCUT2D eigenvalue weighted by Crippen LogP contribution is 2.39. The molecule has 0 aromatic heterocycles. The Morgan fingerprint density at radius 2 is 1.92 bits per heavy atom. The predicted octanol–water partition coefficient (Wildman–Crippen LogP) is 1.83. The number of hydrogen-bond donors (Lipinski definition) is 1. The van der Waals surface area contributed by atoms with Crippen LogP contribution in [0, 0.1) is 5.92 Å². The van der Waals surface area contributed by atoms with Gasteiger partial charge in [0.2, 0.25) is 0 Å². The van der Waals surface area contributed by atoms with Crippen LogP contribution in [-0.4, -0.2) is 11.8 Å². The van der Waals surface area contributed by atoms with E-state index in [1.54, 1.807) is 0 Å². The molecule has 12 heavy (non-hydrogen) atoms. The number of rotatable bonds is 5. The number of hydrogen-bond acceptors (Lipinski definition) is 2. The Labute approximate surface area is 74.1 Å². The third-order valence-corrected chi connectivity index (χ3v) is 2.26. The Bertz CT molecular complexity index is 176. The molecule has 0 aromatic rings. The second-order valence-corrected chi connectivity index (χ2v) is 3.53. The third-order valence-electron chi connectivity index (χ3n) is 2.26. The summed E-state index contributed by atoms with van der Waals surface area (Å²) in [6, 6.07) is 0. The van der Waals surface area contributed by atoms with E-state index in [9.17, 15) is 0 Å². The van der Waals surface area contributed by atoms with Crippen molar-refractivity contribution in [3.63, 3.8) is 0 Å². The van der Waals surface area contributed by atoms with Crippen molar-refractivity contribution in [3.05, 3.63) is 25.3 Å². The molecule has 2 nitrogen and oxygen atoms in total. The van der Waals surface area contributed by atoms with Crippen molar-refractivity contribution in [1.82, 2.24) is 0 Å². The lowest BCUT2D eigenvalue weighted by Gasteiger charge is -2.09. The van der Waals surface area contributed by atoms with Crippen LogP contribution in [0.4, 0.5) is 0 Å². The van der Waals surface area contributed by atoms with Gasteiger partial charge in [0.25, 0.3) is 0 Å². The van der Waals surface area contributed by atoms with E-state index in [1.807, 2.05) is 19.1 Å². The molecule has 0 bridgehead atoms. The number of nitrogens with two attached hydrogens (primary N) is 1. The zero-order valence-electron chi connectivity index (χ0n) is 7.62. The van der Waals surface area contributed by atoms with E-state index >= 15 is 0 Å². The van der Waals surface area contributed by atoms with Gasteiger partial charge in [-0.25, -0.2) is 0 Å². The van der Waals surface area contributed by atoms with Crippen molar-refractivity contribution in [3.8, 4) is 0 Å². The Kier molecular flexibility index (Phi) is 2.70. The van der Waals surface area contributed by atoms with Gasteiger partial charge in [-0.2, -0.15) is 0 Å². The van der Waals surface area contributed by atoms with Gasteiger partial charge in [0, 0.05) is 0 Å². The van der Waals surface area contributed by atoms with Crippen LogP contribution in [0.5, 0.6) is 0 Å². The molecule has 0 saturated carbocycles. The fourth-order valence-corrected chi connectivity index (χ4v) is 1.58. The van der Waals surface area contributed by atoms with Gasteiger partial charge in [0.05, 0.1) is 0 Å². The zero-order chi connectivity index (χ0) is 9.19. The van der Waals surface area contributed by atoms with E-state index in [4.69, 9.17) is 10.5 Å². The van der Waals surface area contributed by atoms with Gasteiger partial charge in [0.15, 0.2) is 0 Å². The maximum atomic E-state index is 5.78. The van der Waals surface area contributed by atoms with Crippen LogP contribution in [0.1, 0.15) is 19.8 Å². The molecule has 1 aliphatic heterocycles. The SMILES string of the molecule is C=CCC(CC=C)C1OC1(C)N. The van der Waals surface area contributed by atoms with Crippen LogP contribution in [0.3, 0.4) is 0 Å². The molecule has 68 valence electrons. The molecule has 1 saturated heterocycles. The lowest BCUT2D eigenvalue weighted by molar-refractivity contribution is 0.287. The predicted molar refractivity (Wildman–Crippen MR) is 50.6 cm³/mol. The van der Waals surface area contributed by atoms with E-state index in [0.717, 1.165) is 12.8 Å². The lowest BCUT2D eigenvalue weighted by Crippen LogP contribution is -2.26. The first-order valence-corrected chi connectivity index (χ1v) is 4.30. The highest BCUT2D eigenvalue weighted by atomic mass is 16.6. The van der Waals surface area contributed by atoms with Crippen LogP contribution in [0.2, 0.25) is 0 Å². The van der Waals surface area contributed by atoms with Crippen molar-refractivity contribution in [1.29, 1.82) is 0 Å². The molecule has 0 spiro atoms. The molecule has 2 atom stereocenters. The molecule has 2 unspecified atom stereocenters. The zero-order valence-corrected chi connectivity index (χ0v) is 7.62. The maximum absolute atomic E-state index is 5.78. The fraction of sp³-hybridized carbons (Fsp3) is 0.600. The van der Waals surface area contributed by atoms with Crippen LogP contribution >= 0.6 is 0 Å². The van der Waals surface area contributed by atoms with Gasteiger partial charge in [-0.3, -0.25) is 0 Å². The van der Waals surface area contributed by atoms with Crippen molar-refractivity contribution < 1.29 is 4.74 Å². The molecule has 1 aliphatic rings. The summed E-state index contributed by atoms with van der Waals surface area (Å²) in [5.41, 5.74) is 5.37. The average Bonchev–Trinajstić information content (AvgIpc) is 2.60. The molecule has 0 aromatic carbocycles. The van der Waals surface area contributed by atoms with Crippen molar-refractivity contribution in [2.45, 2.75) is 31.6 Å². The van der Waals surface area contributed by atoms with Gasteiger partial charge < -0.3 is 10.5 Å². The minimum absolute atomic E-state index is 0.188. The summed E-state index contributed by atoms with van der Waals surface area (Å²) in [4.78, 5) is 0. The first kappa shape index (κ1) is 9.49. The number of allylic oxidation sites excluding steroid dienone is 2. The van der Waals surface area contributed by atoms with E-state index < -0.39 is 5.72 Å². The second-order valence-electron chi connectivity index (χ2n) is 3.53. The van der Waals surface area contributed by atoms with Crippen LogP contribution in [-0.2, 0) is 4.74 Å². The summed E-state index contributed by atoms with van der Waals surface area (Å²) < 4.78 is 5.35. The van der Waals surface area contributed by atoms with Gasteiger partial charge in [-0.15, -0.1) is 13.2 Å². The topological polar surface area (TPSA) is 38.5 Å². The summed E-state index contributed by atoms with van der Waals surface area (Å²) in [7, 11) is 0. The third kappa shape index (κ3) is 1.96. The van der Waals surface area contributed by atoms with Gasteiger partial charge in [-0.05, 0) is 25.7 Å². The first-order chi connectivity index (χ1) is 5.61. The monoisotopic (exact) mass is 167 g/mol. The fourth-order valence-electron chi connectivity index (χ4n) is 1.58. The normalized spacial score (nSPS) is 33.4. The highest BCUT2D eigenvalue weighted by Gasteiger charge is 2.52. The van der Waals surface area contributed by atoms with Crippen molar-refractivity contribution in [2.24, 2.45) is 11.7 Å². The summed E-state index contributed by atoms with van der Waals surface area (Å²) >= 11 is 0. The van der Waals surface area contributed by atoms with Crippen LogP contribution in [0.15, 0.2) is 25.3 Å². The summed E-state index contributed by atoms with van der Waals surface area (Å²) in [5.74, 6) is 0.454. The second kappa shape index (κ2) is 3.42. The highest BCUT2D eigenvalue weighted by molar-refractivity contribution is 5.01. The molecule has 1 fully saturated rings. The lowest BCUT2D eigenvalue weighted by atomic mass is 9.94. The summed E-state index contributed by atoms with van der Waals surface area (Å²) in [6.45, 7) is 9.33.